The molecule has 1 aromatic carbocycles. The van der Waals surface area contributed by atoms with Crippen LogP contribution >= 0.6 is 0 Å². The third-order valence-corrected chi connectivity index (χ3v) is 1.94. The SMILES string of the molecule is O=Cc1cc(OC(F)F)c(OC(F)F)c(C(F)(F)F)c1. The number of rotatable bonds is 5. The van der Waals surface area contributed by atoms with Crippen LogP contribution in [0.15, 0.2) is 12.1 Å². The zero-order chi connectivity index (χ0) is 15.5. The molecule has 1 aromatic rings. The summed E-state index contributed by atoms with van der Waals surface area (Å²) in [5, 5.41) is 0. The number of ether oxygens (including phenoxy) is 2. The van der Waals surface area contributed by atoms with Crippen LogP contribution in [0.5, 0.6) is 11.5 Å². The maximum Gasteiger partial charge on any atom is 0.420 e. The zero-order valence-corrected chi connectivity index (χ0v) is 9.26. The van der Waals surface area contributed by atoms with E-state index in [2.05, 4.69) is 9.47 Å². The molecule has 0 aliphatic rings. The fraction of sp³-hybridized carbons (Fsp3) is 0.300. The first-order chi connectivity index (χ1) is 9.15. The molecular weight excluding hydrogens is 301 g/mol. The average Bonchev–Trinajstić information content (AvgIpc) is 2.28. The fourth-order valence-corrected chi connectivity index (χ4v) is 1.30. The Hall–Kier alpha value is -2.00. The fourth-order valence-electron chi connectivity index (χ4n) is 1.30. The predicted octanol–water partition coefficient (Wildman–Crippen LogP) is 3.72. The van der Waals surface area contributed by atoms with Gasteiger partial charge in [0.25, 0.3) is 0 Å². The number of carbonyl (C=O) groups excluding carboxylic acids is 1. The van der Waals surface area contributed by atoms with Crippen LogP contribution in [0.1, 0.15) is 15.9 Å². The summed E-state index contributed by atoms with van der Waals surface area (Å²) >= 11 is 0. The van der Waals surface area contributed by atoms with Crippen molar-refractivity contribution in [3.63, 3.8) is 0 Å². The van der Waals surface area contributed by atoms with Crippen molar-refractivity contribution < 1.29 is 45.0 Å². The Morgan fingerprint density at radius 2 is 1.55 bits per heavy atom. The molecule has 112 valence electrons. The van der Waals surface area contributed by atoms with Gasteiger partial charge >= 0.3 is 19.4 Å². The van der Waals surface area contributed by atoms with E-state index in [0.29, 0.717) is 6.07 Å². The molecule has 10 heteroatoms. The molecule has 0 aromatic heterocycles. The minimum atomic E-state index is -5.20. The quantitative estimate of drug-likeness (QED) is 0.614. The molecule has 0 saturated heterocycles. The largest absolute Gasteiger partial charge is 0.431 e. The molecule has 20 heavy (non-hydrogen) atoms. The zero-order valence-electron chi connectivity index (χ0n) is 9.26. The molecule has 3 nitrogen and oxygen atoms in total. The van der Waals surface area contributed by atoms with Gasteiger partial charge in [-0.25, -0.2) is 0 Å². The first kappa shape index (κ1) is 16.1. The number of carbonyl (C=O) groups is 1. The van der Waals surface area contributed by atoms with Crippen LogP contribution < -0.4 is 9.47 Å². The van der Waals surface area contributed by atoms with Crippen molar-refractivity contribution in [3.8, 4) is 11.5 Å². The van der Waals surface area contributed by atoms with E-state index in [-0.39, 0.29) is 12.4 Å². The van der Waals surface area contributed by atoms with Gasteiger partial charge in [-0.2, -0.15) is 30.7 Å². The number of alkyl halides is 7. The molecule has 0 amide bonds. The molecule has 0 saturated carbocycles. The van der Waals surface area contributed by atoms with Gasteiger partial charge in [0.05, 0.1) is 0 Å². The van der Waals surface area contributed by atoms with E-state index in [9.17, 15) is 35.5 Å². The van der Waals surface area contributed by atoms with Gasteiger partial charge in [0, 0.05) is 5.56 Å². The van der Waals surface area contributed by atoms with Crippen molar-refractivity contribution in [2.75, 3.05) is 0 Å². The highest BCUT2D eigenvalue weighted by Gasteiger charge is 2.38. The molecular formula is C10H5F7O3. The summed E-state index contributed by atoms with van der Waals surface area (Å²) in [6.45, 7) is -7.28. The van der Waals surface area contributed by atoms with Crippen LogP contribution in [0.25, 0.3) is 0 Å². The molecule has 0 radical (unpaired) electrons. The maximum atomic E-state index is 12.6. The van der Waals surface area contributed by atoms with E-state index in [4.69, 9.17) is 0 Å². The molecule has 0 fully saturated rings. The number of hydrogen-bond donors (Lipinski definition) is 0. The maximum absolute atomic E-state index is 12.6. The summed E-state index contributed by atoms with van der Waals surface area (Å²) in [6, 6.07) is 0.620. The Bertz CT molecular complexity index is 484. The first-order valence-corrected chi connectivity index (χ1v) is 4.75. The molecule has 1 rings (SSSR count). The van der Waals surface area contributed by atoms with E-state index in [1.165, 1.54) is 0 Å². The van der Waals surface area contributed by atoms with Gasteiger partial charge in [0.1, 0.15) is 11.8 Å². The average molecular weight is 306 g/mol. The first-order valence-electron chi connectivity index (χ1n) is 4.75. The summed E-state index contributed by atoms with van der Waals surface area (Å²) < 4.78 is 93.5. The highest BCUT2D eigenvalue weighted by atomic mass is 19.4. The number of halogens is 7. The summed E-state index contributed by atoms with van der Waals surface area (Å²) in [5.74, 6) is -2.92. The standard InChI is InChI=1S/C10H5F7O3/c11-8(12)19-6-2-4(3-18)1-5(10(15,16)17)7(6)20-9(13)14/h1-3,8-9H. The van der Waals surface area contributed by atoms with E-state index in [1.54, 1.807) is 0 Å². The summed E-state index contributed by atoms with van der Waals surface area (Å²) in [4.78, 5) is 10.5. The number of benzene rings is 1. The van der Waals surface area contributed by atoms with Crippen molar-refractivity contribution in [2.24, 2.45) is 0 Å². The van der Waals surface area contributed by atoms with Gasteiger partial charge in [-0.3, -0.25) is 4.79 Å². The smallest absolute Gasteiger partial charge is 0.420 e. The molecule has 0 aliphatic heterocycles. The highest BCUT2D eigenvalue weighted by Crippen LogP contribution is 2.43. The van der Waals surface area contributed by atoms with Gasteiger partial charge in [-0.15, -0.1) is 0 Å². The van der Waals surface area contributed by atoms with Gasteiger partial charge in [0.15, 0.2) is 11.5 Å². The summed E-state index contributed by atoms with van der Waals surface area (Å²) in [7, 11) is 0. The van der Waals surface area contributed by atoms with Crippen molar-refractivity contribution >= 4 is 6.29 Å². The minimum absolute atomic E-state index is 0.0836. The molecule has 0 heterocycles. The lowest BCUT2D eigenvalue weighted by atomic mass is 10.1. The molecule has 0 spiro atoms. The predicted molar refractivity (Wildman–Crippen MR) is 50.1 cm³/mol. The molecule has 0 unspecified atom stereocenters. The summed E-state index contributed by atoms with van der Waals surface area (Å²) in [6.07, 6.45) is -5.29. The van der Waals surface area contributed by atoms with Gasteiger partial charge < -0.3 is 9.47 Å². The minimum Gasteiger partial charge on any atom is -0.431 e. The lowest BCUT2D eigenvalue weighted by Gasteiger charge is -2.17. The van der Waals surface area contributed by atoms with Crippen LogP contribution in [-0.4, -0.2) is 19.5 Å². The normalized spacial score (nSPS) is 11.8. The highest BCUT2D eigenvalue weighted by molar-refractivity contribution is 5.77. The van der Waals surface area contributed by atoms with Crippen molar-refractivity contribution in [3.05, 3.63) is 23.3 Å². The molecule has 0 aliphatic carbocycles. The summed E-state index contributed by atoms with van der Waals surface area (Å²) in [5.41, 5.74) is -2.51. The molecule has 0 N–H and O–H groups in total. The molecule has 0 atom stereocenters. The lowest BCUT2D eigenvalue weighted by Crippen LogP contribution is -2.15. The van der Waals surface area contributed by atoms with Crippen LogP contribution in [0.2, 0.25) is 0 Å². The third-order valence-electron chi connectivity index (χ3n) is 1.94. The van der Waals surface area contributed by atoms with Crippen molar-refractivity contribution in [2.45, 2.75) is 19.4 Å². The van der Waals surface area contributed by atoms with Crippen molar-refractivity contribution in [1.82, 2.24) is 0 Å². The monoisotopic (exact) mass is 306 g/mol. The number of hydrogen-bond acceptors (Lipinski definition) is 3. The van der Waals surface area contributed by atoms with E-state index < -0.39 is 42.0 Å². The van der Waals surface area contributed by atoms with Crippen molar-refractivity contribution in [1.29, 1.82) is 0 Å². The van der Waals surface area contributed by atoms with E-state index >= 15 is 0 Å². The Morgan fingerprint density at radius 1 is 1.00 bits per heavy atom. The van der Waals surface area contributed by atoms with Crippen LogP contribution in [-0.2, 0) is 6.18 Å². The van der Waals surface area contributed by atoms with Crippen LogP contribution in [0.4, 0.5) is 30.7 Å². The topological polar surface area (TPSA) is 35.5 Å². The molecule has 0 bridgehead atoms. The van der Waals surface area contributed by atoms with Gasteiger partial charge in [-0.1, -0.05) is 0 Å². The van der Waals surface area contributed by atoms with Crippen LogP contribution in [0.3, 0.4) is 0 Å². The van der Waals surface area contributed by atoms with E-state index in [1.807, 2.05) is 0 Å². The van der Waals surface area contributed by atoms with Gasteiger partial charge in [0.2, 0.25) is 0 Å². The van der Waals surface area contributed by atoms with E-state index in [0.717, 1.165) is 0 Å². The van der Waals surface area contributed by atoms with Gasteiger partial charge in [-0.05, 0) is 12.1 Å². The third kappa shape index (κ3) is 4.00. The second-order valence-corrected chi connectivity index (χ2v) is 3.27. The second kappa shape index (κ2) is 5.97. The lowest BCUT2D eigenvalue weighted by molar-refractivity contribution is -0.143. The number of aldehydes is 1. The Balaban J connectivity index is 3.48. The van der Waals surface area contributed by atoms with Crippen LogP contribution in [0, 0.1) is 0 Å². The Kier molecular flexibility index (Phi) is 4.79. The Labute approximate surface area is 106 Å². The Morgan fingerprint density at radius 3 is 1.95 bits per heavy atom. The second-order valence-electron chi connectivity index (χ2n) is 3.27.